The summed E-state index contributed by atoms with van der Waals surface area (Å²) in [5, 5.41) is 0. The minimum Gasteiger partial charge on any atom is -0.430 e. The fraction of sp³-hybridized carbons (Fsp3) is 0.818. The lowest BCUT2D eigenvalue weighted by atomic mass is 9.99. The zero-order valence-electron chi connectivity index (χ0n) is 10.4. The Balaban J connectivity index is 2.16. The first-order chi connectivity index (χ1) is 7.91. The van der Waals surface area contributed by atoms with Crippen LogP contribution in [0, 0.1) is 0 Å². The van der Waals surface area contributed by atoms with Gasteiger partial charge in [0, 0.05) is 0 Å². The van der Waals surface area contributed by atoms with Gasteiger partial charge in [0.05, 0.1) is 12.0 Å². The number of unbranched alkanes of at least 4 members (excludes halogenated alkanes) is 1. The van der Waals surface area contributed by atoms with E-state index in [1.165, 1.54) is 0 Å². The van der Waals surface area contributed by atoms with Crippen molar-refractivity contribution in [3.05, 3.63) is 0 Å². The Labute approximate surface area is 101 Å². The second-order valence-corrected chi connectivity index (χ2v) is 4.67. The lowest BCUT2D eigenvalue weighted by Crippen LogP contribution is -2.27. The second kappa shape index (κ2) is 5.86. The average molecular weight is 243 g/mol. The Morgan fingerprint density at radius 3 is 2.82 bits per heavy atom. The average Bonchev–Trinajstić information content (AvgIpc) is 2.53. The molecule has 2 atom stereocenters. The van der Waals surface area contributed by atoms with Crippen LogP contribution in [0.25, 0.3) is 0 Å². The van der Waals surface area contributed by atoms with E-state index in [-0.39, 0.29) is 6.17 Å². The Morgan fingerprint density at radius 2 is 2.29 bits per heavy atom. The number of hydrogen-bond acceptors (Lipinski definition) is 5. The van der Waals surface area contributed by atoms with Gasteiger partial charge < -0.3 is 20.9 Å². The van der Waals surface area contributed by atoms with Crippen LogP contribution in [0.3, 0.4) is 0 Å². The van der Waals surface area contributed by atoms with Crippen LogP contribution in [0.5, 0.6) is 0 Å². The van der Waals surface area contributed by atoms with Crippen LogP contribution in [-0.2, 0) is 9.47 Å². The summed E-state index contributed by atoms with van der Waals surface area (Å²) in [6.07, 6.45) is 2.57. The number of cyclic esters (lactones) is 2. The van der Waals surface area contributed by atoms with Crippen molar-refractivity contribution >= 4 is 12.0 Å². The first kappa shape index (κ1) is 13.8. The van der Waals surface area contributed by atoms with Crippen molar-refractivity contribution in [2.45, 2.75) is 51.3 Å². The van der Waals surface area contributed by atoms with Gasteiger partial charge in [-0.3, -0.25) is 4.99 Å². The molecule has 4 N–H and O–H groups in total. The van der Waals surface area contributed by atoms with Gasteiger partial charge in [-0.05, 0) is 39.5 Å². The van der Waals surface area contributed by atoms with Crippen LogP contribution >= 0.6 is 0 Å². The second-order valence-electron chi connectivity index (χ2n) is 4.67. The van der Waals surface area contributed by atoms with Gasteiger partial charge in [-0.15, -0.1) is 0 Å². The summed E-state index contributed by atoms with van der Waals surface area (Å²) >= 11 is 0. The molecule has 17 heavy (non-hydrogen) atoms. The highest BCUT2D eigenvalue weighted by atomic mass is 16.8. The van der Waals surface area contributed by atoms with E-state index in [0.29, 0.717) is 12.4 Å². The number of carbonyl (C=O) groups is 1. The molecule has 1 fully saturated rings. The molecule has 2 unspecified atom stereocenters. The first-order valence-corrected chi connectivity index (χ1v) is 5.82. The van der Waals surface area contributed by atoms with E-state index in [1.54, 1.807) is 6.92 Å². The van der Waals surface area contributed by atoms with Crippen molar-refractivity contribution in [2.24, 2.45) is 16.5 Å². The molecule has 0 saturated carbocycles. The minimum absolute atomic E-state index is 0.241. The summed E-state index contributed by atoms with van der Waals surface area (Å²) in [5.41, 5.74) is 10.7. The zero-order chi connectivity index (χ0) is 12.9. The van der Waals surface area contributed by atoms with Gasteiger partial charge in [-0.25, -0.2) is 4.79 Å². The maximum Gasteiger partial charge on any atom is 0.509 e. The van der Waals surface area contributed by atoms with Crippen molar-refractivity contribution in [2.75, 3.05) is 6.61 Å². The molecule has 0 aromatic heterocycles. The van der Waals surface area contributed by atoms with Gasteiger partial charge in [0.15, 0.2) is 0 Å². The summed E-state index contributed by atoms with van der Waals surface area (Å²) in [5.74, 6) is 0.502. The van der Waals surface area contributed by atoms with E-state index in [2.05, 4.69) is 4.99 Å². The van der Waals surface area contributed by atoms with Crippen LogP contribution in [0.2, 0.25) is 0 Å². The van der Waals surface area contributed by atoms with E-state index in [1.807, 2.05) is 6.92 Å². The number of carbonyl (C=O) groups excluding carboxylic acids is 1. The fourth-order valence-corrected chi connectivity index (χ4v) is 1.77. The van der Waals surface area contributed by atoms with Gasteiger partial charge in [-0.1, -0.05) is 0 Å². The molecule has 0 radical (unpaired) electrons. The first-order valence-electron chi connectivity index (χ1n) is 5.82. The maximum absolute atomic E-state index is 10.8. The predicted octanol–water partition coefficient (Wildman–Crippen LogP) is 1.13. The van der Waals surface area contributed by atoms with Crippen LogP contribution in [0.4, 0.5) is 4.79 Å². The zero-order valence-corrected chi connectivity index (χ0v) is 10.4. The third-order valence-electron chi connectivity index (χ3n) is 2.65. The van der Waals surface area contributed by atoms with Gasteiger partial charge in [0.1, 0.15) is 12.2 Å². The molecule has 1 saturated heterocycles. The number of aliphatic imine (C=N–C) groups is 1. The Bertz CT molecular complexity index is 302. The summed E-state index contributed by atoms with van der Waals surface area (Å²) < 4.78 is 9.86. The minimum atomic E-state index is -0.576. The number of rotatable bonds is 6. The van der Waals surface area contributed by atoms with E-state index >= 15 is 0 Å². The van der Waals surface area contributed by atoms with Crippen LogP contribution < -0.4 is 11.5 Å². The molecule has 1 heterocycles. The topological polar surface area (TPSA) is 99.9 Å². The monoisotopic (exact) mass is 243 g/mol. The van der Waals surface area contributed by atoms with Gasteiger partial charge in [0.2, 0.25) is 0 Å². The maximum atomic E-state index is 10.8. The Hall–Kier alpha value is -1.30. The lowest BCUT2D eigenvalue weighted by molar-refractivity contribution is 0.0623. The molecule has 0 bridgehead atoms. The Kier molecular flexibility index (Phi) is 4.74. The number of nitrogens with zero attached hydrogens (tertiary/aromatic N) is 1. The summed E-state index contributed by atoms with van der Waals surface area (Å²) in [4.78, 5) is 14.9. The number of nitrogens with two attached hydrogens (primary N) is 2. The van der Waals surface area contributed by atoms with Crippen molar-refractivity contribution in [3.8, 4) is 0 Å². The lowest BCUT2D eigenvalue weighted by Gasteiger charge is -2.19. The Morgan fingerprint density at radius 1 is 1.59 bits per heavy atom. The molecule has 0 aromatic rings. The smallest absolute Gasteiger partial charge is 0.430 e. The molecule has 0 amide bonds. The van der Waals surface area contributed by atoms with E-state index in [4.69, 9.17) is 20.9 Å². The summed E-state index contributed by atoms with van der Waals surface area (Å²) in [6, 6.07) is 0. The van der Waals surface area contributed by atoms with Gasteiger partial charge >= 0.3 is 6.16 Å². The molecular formula is C11H21N3O3. The normalized spacial score (nSPS) is 26.5. The third-order valence-corrected chi connectivity index (χ3v) is 2.65. The highest BCUT2D eigenvalue weighted by molar-refractivity contribution is 5.77. The number of hydrogen-bond donors (Lipinski definition) is 2. The molecule has 0 spiro atoms. The highest BCUT2D eigenvalue weighted by Crippen LogP contribution is 2.25. The molecule has 98 valence electrons. The van der Waals surface area contributed by atoms with Gasteiger partial charge in [-0.2, -0.15) is 0 Å². The summed E-state index contributed by atoms with van der Waals surface area (Å²) in [6.45, 7) is 3.92. The van der Waals surface area contributed by atoms with E-state index in [9.17, 15) is 4.79 Å². The van der Waals surface area contributed by atoms with E-state index < -0.39 is 11.8 Å². The van der Waals surface area contributed by atoms with Crippen molar-refractivity contribution in [3.63, 3.8) is 0 Å². The number of ether oxygens (including phenoxy) is 2. The quantitative estimate of drug-likeness (QED) is 0.315. The predicted molar refractivity (Wildman–Crippen MR) is 64.6 cm³/mol. The fourth-order valence-electron chi connectivity index (χ4n) is 1.77. The standard InChI is InChI=1S/C11H21N3O3/c1-8(12)14-9(13)5-3-4-6-11(2)7-16-10(15)17-11/h9H,3-7,13H2,1-2H3,(H2,12,14). The van der Waals surface area contributed by atoms with E-state index in [0.717, 1.165) is 25.7 Å². The molecular weight excluding hydrogens is 222 g/mol. The molecule has 6 heteroatoms. The molecule has 6 nitrogen and oxygen atoms in total. The molecule has 0 aromatic carbocycles. The molecule has 1 aliphatic heterocycles. The number of amidine groups is 1. The largest absolute Gasteiger partial charge is 0.509 e. The summed E-state index contributed by atoms with van der Waals surface area (Å²) in [7, 11) is 0. The molecule has 0 aliphatic carbocycles. The highest BCUT2D eigenvalue weighted by Gasteiger charge is 2.36. The third kappa shape index (κ3) is 5.04. The van der Waals surface area contributed by atoms with Crippen molar-refractivity contribution < 1.29 is 14.3 Å². The molecule has 1 aliphatic rings. The van der Waals surface area contributed by atoms with Crippen LogP contribution in [-0.4, -0.2) is 30.4 Å². The van der Waals surface area contributed by atoms with Gasteiger partial charge in [0.25, 0.3) is 0 Å². The van der Waals surface area contributed by atoms with Crippen LogP contribution in [0.1, 0.15) is 39.5 Å². The van der Waals surface area contributed by atoms with Crippen LogP contribution in [0.15, 0.2) is 4.99 Å². The van der Waals surface area contributed by atoms with Crippen molar-refractivity contribution in [1.29, 1.82) is 0 Å². The SMILES string of the molecule is CC(N)=NC(N)CCCCC1(C)COC(=O)O1. The molecule has 1 rings (SSSR count). The van der Waals surface area contributed by atoms with Crippen molar-refractivity contribution in [1.82, 2.24) is 0 Å².